The summed E-state index contributed by atoms with van der Waals surface area (Å²) in [7, 11) is 2.07. The van der Waals surface area contributed by atoms with Gasteiger partial charge < -0.3 is 15.0 Å². The molecule has 1 N–H and O–H groups in total. The van der Waals surface area contributed by atoms with Crippen molar-refractivity contribution in [2.45, 2.75) is 46.3 Å². The first kappa shape index (κ1) is 16.4. The molecule has 110 valence electrons. The predicted molar refractivity (Wildman–Crippen MR) is 83.2 cm³/mol. The average Bonchev–Trinajstić information content (AvgIpc) is 2.85. The molecule has 1 aromatic rings. The highest BCUT2D eigenvalue weighted by atomic mass is 32.1. The third-order valence-corrected chi connectivity index (χ3v) is 3.83. The number of nitrogens with one attached hydrogen (secondary N) is 1. The molecule has 0 aliphatic heterocycles. The van der Waals surface area contributed by atoms with Crippen LogP contribution in [-0.4, -0.2) is 37.8 Å². The van der Waals surface area contributed by atoms with E-state index in [4.69, 9.17) is 4.74 Å². The lowest BCUT2D eigenvalue weighted by Gasteiger charge is -2.17. The van der Waals surface area contributed by atoms with Crippen LogP contribution in [0, 0.1) is 0 Å². The summed E-state index contributed by atoms with van der Waals surface area (Å²) >= 11 is 1.70. The van der Waals surface area contributed by atoms with Crippen LogP contribution in [0.5, 0.6) is 0 Å². The molecule has 0 aliphatic carbocycles. The van der Waals surface area contributed by atoms with E-state index in [0.29, 0.717) is 12.1 Å². The largest absolute Gasteiger partial charge is 0.377 e. The molecule has 0 fully saturated rings. The van der Waals surface area contributed by atoms with Gasteiger partial charge in [0.15, 0.2) is 5.13 Å². The fraction of sp³-hybridized carbons (Fsp3) is 0.786. The summed E-state index contributed by atoms with van der Waals surface area (Å²) in [6, 6.07) is 0.324. The summed E-state index contributed by atoms with van der Waals surface area (Å²) in [5.74, 6) is 0. The Balaban J connectivity index is 2.44. The smallest absolute Gasteiger partial charge is 0.185 e. The quantitative estimate of drug-likeness (QED) is 0.756. The van der Waals surface area contributed by atoms with E-state index in [0.717, 1.165) is 36.9 Å². The molecule has 1 rings (SSSR count). The number of hydrogen-bond acceptors (Lipinski definition) is 5. The van der Waals surface area contributed by atoms with Crippen molar-refractivity contribution in [2.24, 2.45) is 0 Å². The summed E-state index contributed by atoms with van der Waals surface area (Å²) < 4.78 is 5.56. The summed E-state index contributed by atoms with van der Waals surface area (Å²) in [5, 5.41) is 6.66. The third-order valence-electron chi connectivity index (χ3n) is 2.86. The highest BCUT2D eigenvalue weighted by molar-refractivity contribution is 7.13. The third kappa shape index (κ3) is 5.89. The van der Waals surface area contributed by atoms with Crippen LogP contribution in [0.25, 0.3) is 0 Å². The molecular formula is C14H27N3OS. The van der Waals surface area contributed by atoms with Gasteiger partial charge in [0.05, 0.1) is 18.4 Å². The zero-order valence-electron chi connectivity index (χ0n) is 12.8. The fourth-order valence-corrected chi connectivity index (χ4v) is 2.55. The van der Waals surface area contributed by atoms with E-state index in [1.165, 1.54) is 0 Å². The van der Waals surface area contributed by atoms with Crippen molar-refractivity contribution in [1.29, 1.82) is 0 Å². The summed E-state index contributed by atoms with van der Waals surface area (Å²) in [4.78, 5) is 6.84. The summed E-state index contributed by atoms with van der Waals surface area (Å²) in [5.41, 5.74) is 1.13. The van der Waals surface area contributed by atoms with Crippen LogP contribution in [0.3, 0.4) is 0 Å². The van der Waals surface area contributed by atoms with Crippen LogP contribution in [0.2, 0.25) is 0 Å². The lowest BCUT2D eigenvalue weighted by Crippen LogP contribution is -2.24. The normalized spacial score (nSPS) is 12.9. The molecule has 0 radical (unpaired) electrons. The first-order valence-corrected chi connectivity index (χ1v) is 7.94. The number of nitrogens with zero attached hydrogens (tertiary/aromatic N) is 2. The van der Waals surface area contributed by atoms with Gasteiger partial charge in [-0.25, -0.2) is 4.98 Å². The van der Waals surface area contributed by atoms with E-state index >= 15 is 0 Å². The van der Waals surface area contributed by atoms with Gasteiger partial charge in [0.2, 0.25) is 0 Å². The topological polar surface area (TPSA) is 37.4 Å². The minimum Gasteiger partial charge on any atom is -0.377 e. The standard InChI is InChI=1S/C14H27N3OS/c1-6-7-15-12(4)13-10-19-14(16-13)17(5)8-9-18-11(2)3/h10-12,15H,6-9H2,1-5H3. The molecule has 0 saturated carbocycles. The molecule has 1 unspecified atom stereocenters. The molecule has 0 amide bonds. The van der Waals surface area contributed by atoms with Crippen LogP contribution >= 0.6 is 11.3 Å². The Hall–Kier alpha value is -0.650. The number of likely N-dealkylation sites (N-methyl/N-ethyl adjacent to an activating group) is 1. The van der Waals surface area contributed by atoms with Crippen molar-refractivity contribution in [3.05, 3.63) is 11.1 Å². The Morgan fingerprint density at radius 1 is 1.42 bits per heavy atom. The number of anilines is 1. The van der Waals surface area contributed by atoms with Crippen LogP contribution in [-0.2, 0) is 4.74 Å². The Kier molecular flexibility index (Phi) is 7.34. The van der Waals surface area contributed by atoms with Crippen LogP contribution in [0.4, 0.5) is 5.13 Å². The van der Waals surface area contributed by atoms with Crippen LogP contribution in [0.15, 0.2) is 5.38 Å². The molecular weight excluding hydrogens is 258 g/mol. The van der Waals surface area contributed by atoms with E-state index in [1.54, 1.807) is 11.3 Å². The second-order valence-corrected chi connectivity index (χ2v) is 5.91. The van der Waals surface area contributed by atoms with Gasteiger partial charge in [-0.05, 0) is 33.7 Å². The molecule has 1 atom stereocenters. The molecule has 0 aliphatic rings. The van der Waals surface area contributed by atoms with Crippen LogP contribution < -0.4 is 10.2 Å². The number of ether oxygens (including phenoxy) is 1. The lowest BCUT2D eigenvalue weighted by molar-refractivity contribution is 0.0846. The van der Waals surface area contributed by atoms with Gasteiger partial charge in [0.25, 0.3) is 0 Å². The Labute approximate surface area is 121 Å². The SMILES string of the molecule is CCCNC(C)c1csc(N(C)CCOC(C)C)n1. The maximum absolute atomic E-state index is 5.56. The van der Waals surface area contributed by atoms with Gasteiger partial charge in [-0.1, -0.05) is 6.92 Å². The number of thiazole rings is 1. The zero-order valence-corrected chi connectivity index (χ0v) is 13.6. The van der Waals surface area contributed by atoms with Gasteiger partial charge in [-0.15, -0.1) is 11.3 Å². The van der Waals surface area contributed by atoms with E-state index in [2.05, 4.69) is 55.3 Å². The second-order valence-electron chi connectivity index (χ2n) is 5.07. The summed E-state index contributed by atoms with van der Waals surface area (Å²) in [6.45, 7) is 11.1. The van der Waals surface area contributed by atoms with Crippen molar-refractivity contribution in [2.75, 3.05) is 31.6 Å². The van der Waals surface area contributed by atoms with Crippen molar-refractivity contribution >= 4 is 16.5 Å². The Morgan fingerprint density at radius 3 is 2.79 bits per heavy atom. The molecule has 1 aromatic heterocycles. The maximum Gasteiger partial charge on any atom is 0.185 e. The zero-order chi connectivity index (χ0) is 14.3. The van der Waals surface area contributed by atoms with Crippen LogP contribution in [0.1, 0.15) is 45.9 Å². The molecule has 5 heteroatoms. The van der Waals surface area contributed by atoms with Gasteiger partial charge in [-0.3, -0.25) is 0 Å². The highest BCUT2D eigenvalue weighted by Gasteiger charge is 2.11. The van der Waals surface area contributed by atoms with Gasteiger partial charge in [0.1, 0.15) is 0 Å². The average molecular weight is 285 g/mol. The number of hydrogen-bond donors (Lipinski definition) is 1. The maximum atomic E-state index is 5.56. The van der Waals surface area contributed by atoms with E-state index in [-0.39, 0.29) is 0 Å². The molecule has 1 heterocycles. The fourth-order valence-electron chi connectivity index (χ4n) is 1.64. The molecule has 0 spiro atoms. The molecule has 0 saturated heterocycles. The van der Waals surface area contributed by atoms with Crippen molar-refractivity contribution < 1.29 is 4.74 Å². The first-order valence-electron chi connectivity index (χ1n) is 7.06. The van der Waals surface area contributed by atoms with E-state index < -0.39 is 0 Å². The molecule has 19 heavy (non-hydrogen) atoms. The van der Waals surface area contributed by atoms with Crippen molar-refractivity contribution in [1.82, 2.24) is 10.3 Å². The highest BCUT2D eigenvalue weighted by Crippen LogP contribution is 2.23. The molecule has 4 nitrogen and oxygen atoms in total. The van der Waals surface area contributed by atoms with Crippen molar-refractivity contribution in [3.8, 4) is 0 Å². The van der Waals surface area contributed by atoms with Gasteiger partial charge in [0, 0.05) is 25.0 Å². The monoisotopic (exact) mass is 285 g/mol. The Morgan fingerprint density at radius 2 is 2.16 bits per heavy atom. The minimum absolute atomic E-state index is 0.290. The van der Waals surface area contributed by atoms with E-state index in [1.807, 2.05) is 0 Å². The Bertz CT molecular complexity index is 354. The van der Waals surface area contributed by atoms with Crippen molar-refractivity contribution in [3.63, 3.8) is 0 Å². The summed E-state index contributed by atoms with van der Waals surface area (Å²) in [6.07, 6.45) is 1.44. The molecule has 0 bridgehead atoms. The number of aromatic nitrogens is 1. The second kappa shape index (κ2) is 8.51. The van der Waals surface area contributed by atoms with Gasteiger partial charge >= 0.3 is 0 Å². The molecule has 0 aromatic carbocycles. The van der Waals surface area contributed by atoms with Gasteiger partial charge in [-0.2, -0.15) is 0 Å². The van der Waals surface area contributed by atoms with E-state index in [9.17, 15) is 0 Å². The first-order chi connectivity index (χ1) is 9.04. The number of rotatable bonds is 9. The lowest BCUT2D eigenvalue weighted by atomic mass is 10.2. The minimum atomic E-state index is 0.290. The predicted octanol–water partition coefficient (Wildman–Crippen LogP) is 3.06.